The molecule has 8 nitrogen and oxygen atoms in total. The van der Waals surface area contributed by atoms with Crippen LogP contribution in [0.2, 0.25) is 0 Å². The Morgan fingerprint density at radius 1 is 0.775 bits per heavy atom. The predicted molar refractivity (Wildman–Crippen MR) is 173 cm³/mol. The summed E-state index contributed by atoms with van der Waals surface area (Å²) in [6.45, 7) is 0. The van der Waals surface area contributed by atoms with Crippen molar-refractivity contribution in [3.8, 4) is 0 Å². The first kappa shape index (κ1) is 30.7. The number of anilines is 2. The maximum Gasteiger partial charge on any atom is 0.255 e. The Hall–Kier alpha value is -3.84. The van der Waals surface area contributed by atoms with Gasteiger partial charge in [-0.15, -0.1) is 46.2 Å². The predicted octanol–water partition coefficient (Wildman–Crippen LogP) is 6.41. The van der Waals surface area contributed by atoms with Crippen LogP contribution in [0.3, 0.4) is 0 Å². The van der Waals surface area contributed by atoms with Crippen molar-refractivity contribution in [2.24, 2.45) is 11.5 Å². The summed E-state index contributed by atoms with van der Waals surface area (Å²) in [5, 5.41) is 20.6. The summed E-state index contributed by atoms with van der Waals surface area (Å²) >= 11 is 5.84. The van der Waals surface area contributed by atoms with E-state index in [1.807, 2.05) is 61.0 Å². The molecule has 4 rings (SSSR count). The summed E-state index contributed by atoms with van der Waals surface area (Å²) in [5.41, 5.74) is 13.9. The quantitative estimate of drug-likeness (QED) is 0.0557. The first-order valence-corrected chi connectivity index (χ1v) is 15.7. The fourth-order valence-electron chi connectivity index (χ4n) is 3.19. The van der Waals surface area contributed by atoms with Crippen molar-refractivity contribution in [2.75, 3.05) is 23.1 Å². The molecule has 2 aromatic heterocycles. The Labute approximate surface area is 249 Å². The fraction of sp³-hybridized carbons (Fsp3) is 0.0714. The van der Waals surface area contributed by atoms with Crippen molar-refractivity contribution in [1.29, 1.82) is 10.8 Å². The Bertz CT molecular complexity index is 1510. The van der Waals surface area contributed by atoms with Gasteiger partial charge in [-0.25, -0.2) is 0 Å². The number of hydrogen-bond donors (Lipinski definition) is 6. The third-order valence-electron chi connectivity index (χ3n) is 5.07. The van der Waals surface area contributed by atoms with Gasteiger partial charge in [-0.3, -0.25) is 20.4 Å². The molecule has 0 unspecified atom stereocenters. The molecule has 0 spiro atoms. The van der Waals surface area contributed by atoms with E-state index in [0.29, 0.717) is 26.7 Å². The van der Waals surface area contributed by atoms with E-state index in [1.165, 1.54) is 52.3 Å². The van der Waals surface area contributed by atoms with Crippen molar-refractivity contribution in [1.82, 2.24) is 0 Å². The summed E-state index contributed by atoms with van der Waals surface area (Å²) in [6, 6.07) is 22.1. The van der Waals surface area contributed by atoms with E-state index in [9.17, 15) is 9.59 Å². The molecule has 12 heteroatoms. The van der Waals surface area contributed by atoms with Crippen LogP contribution in [0.15, 0.2) is 87.3 Å². The monoisotopic (exact) mass is 608 g/mol. The van der Waals surface area contributed by atoms with Crippen LogP contribution in [-0.2, 0) is 4.79 Å². The number of thiophene rings is 2. The van der Waals surface area contributed by atoms with Crippen LogP contribution in [0, 0.1) is 10.8 Å². The minimum Gasteiger partial charge on any atom is -0.383 e. The van der Waals surface area contributed by atoms with Gasteiger partial charge >= 0.3 is 0 Å². The van der Waals surface area contributed by atoms with Crippen molar-refractivity contribution in [3.05, 3.63) is 99.8 Å². The Morgan fingerprint density at radius 3 is 1.73 bits per heavy atom. The van der Waals surface area contributed by atoms with E-state index in [1.54, 1.807) is 30.3 Å². The number of amides is 2. The van der Waals surface area contributed by atoms with Gasteiger partial charge in [0.1, 0.15) is 11.7 Å². The molecule has 0 aliphatic carbocycles. The lowest BCUT2D eigenvalue weighted by molar-refractivity contribution is -0.111. The smallest absolute Gasteiger partial charge is 0.255 e. The van der Waals surface area contributed by atoms with Crippen LogP contribution in [0.5, 0.6) is 0 Å². The first-order chi connectivity index (χ1) is 19.2. The number of amidine groups is 2. The second-order valence-corrected chi connectivity index (χ2v) is 12.2. The molecule has 8 N–H and O–H groups in total. The zero-order chi connectivity index (χ0) is 29.1. The van der Waals surface area contributed by atoms with Crippen LogP contribution in [0.4, 0.5) is 11.4 Å². The highest BCUT2D eigenvalue weighted by Crippen LogP contribution is 2.35. The molecule has 2 heterocycles. The summed E-state index contributed by atoms with van der Waals surface area (Å²) in [4.78, 5) is 25.3. The Kier molecular flexibility index (Phi) is 11.6. The zero-order valence-corrected chi connectivity index (χ0v) is 25.0. The summed E-state index contributed by atoms with van der Waals surface area (Å²) in [7, 11) is 0. The number of carbonyl (C=O) groups excluding carboxylic acids is 2. The second kappa shape index (κ2) is 15.1. The number of benzene rings is 2. The second-order valence-electron chi connectivity index (χ2n) is 7.91. The first-order valence-electron chi connectivity index (χ1n) is 11.7. The standard InChI is InChI=1S/C15H15N3OS2.C13H13N3OS2/c1-20-15-11(9-12(21-15)14(16)17)18-13(19)8-7-10-5-3-2-4-6-10;1-18-13-9(7-10(19-13)11(14)15)16-12(17)8-5-3-2-4-6-8/h2-9H,1H3,(H3,16,17)(H,18,19);2-7H,1H3,(H3,14,15)(H,16,17)/b8-7+;. The normalized spacial score (nSPS) is 10.4. The topological polar surface area (TPSA) is 158 Å². The lowest BCUT2D eigenvalue weighted by Gasteiger charge is -2.04. The molecule has 0 aliphatic rings. The van der Waals surface area contributed by atoms with Crippen LogP contribution in [-0.4, -0.2) is 36.0 Å². The van der Waals surface area contributed by atoms with Crippen LogP contribution < -0.4 is 22.1 Å². The van der Waals surface area contributed by atoms with Gasteiger partial charge in [-0.1, -0.05) is 48.5 Å². The maximum absolute atomic E-state index is 12.1. The number of rotatable bonds is 9. The molecule has 4 aromatic rings. The number of thioether (sulfide) groups is 2. The molecule has 40 heavy (non-hydrogen) atoms. The number of nitrogen functional groups attached to an aromatic ring is 2. The van der Waals surface area contributed by atoms with Crippen LogP contribution in [0.1, 0.15) is 25.7 Å². The van der Waals surface area contributed by atoms with Crippen molar-refractivity contribution >= 4 is 87.1 Å². The number of nitrogens with two attached hydrogens (primary N) is 2. The molecule has 2 aromatic carbocycles. The molecule has 0 saturated carbocycles. The molecule has 2 amide bonds. The van der Waals surface area contributed by atoms with E-state index >= 15 is 0 Å². The molecule has 0 radical (unpaired) electrons. The van der Waals surface area contributed by atoms with Gasteiger partial charge in [-0.2, -0.15) is 0 Å². The lowest BCUT2D eigenvalue weighted by Crippen LogP contribution is -2.12. The van der Waals surface area contributed by atoms with Crippen molar-refractivity contribution in [2.45, 2.75) is 8.42 Å². The molecule has 0 atom stereocenters. The molecular weight excluding hydrogens is 581 g/mol. The van der Waals surface area contributed by atoms with Gasteiger partial charge in [-0.05, 0) is 48.4 Å². The highest BCUT2D eigenvalue weighted by molar-refractivity contribution is 8.00. The number of hydrogen-bond acceptors (Lipinski definition) is 8. The third kappa shape index (κ3) is 8.85. The van der Waals surface area contributed by atoms with Gasteiger partial charge in [0.2, 0.25) is 5.91 Å². The number of nitrogens with one attached hydrogen (secondary N) is 4. The molecule has 0 bridgehead atoms. The van der Waals surface area contributed by atoms with Gasteiger partial charge in [0, 0.05) is 11.6 Å². The largest absolute Gasteiger partial charge is 0.383 e. The van der Waals surface area contributed by atoms with Gasteiger partial charge in [0.15, 0.2) is 0 Å². The van der Waals surface area contributed by atoms with Crippen molar-refractivity contribution < 1.29 is 9.59 Å². The summed E-state index contributed by atoms with van der Waals surface area (Å²) in [6.07, 6.45) is 7.09. The fourth-order valence-corrected chi connectivity index (χ4v) is 6.46. The van der Waals surface area contributed by atoms with Gasteiger partial charge in [0.05, 0.1) is 29.5 Å². The molecular formula is C28H28N6O2S4. The summed E-state index contributed by atoms with van der Waals surface area (Å²) < 4.78 is 1.87. The zero-order valence-electron chi connectivity index (χ0n) is 21.7. The average Bonchev–Trinajstić information content (AvgIpc) is 3.57. The Morgan fingerprint density at radius 2 is 1.25 bits per heavy atom. The SMILES string of the molecule is CSc1sc(C(=N)N)cc1NC(=O)/C=C/c1ccccc1.CSc1sc(C(=N)N)cc1NC(=O)c1ccccc1. The van der Waals surface area contributed by atoms with E-state index in [4.69, 9.17) is 22.3 Å². The summed E-state index contributed by atoms with van der Waals surface area (Å²) in [5.74, 6) is -0.345. The minimum atomic E-state index is -0.206. The van der Waals surface area contributed by atoms with Gasteiger partial charge in [0.25, 0.3) is 5.91 Å². The molecule has 206 valence electrons. The maximum atomic E-state index is 12.1. The third-order valence-corrected chi connectivity index (χ3v) is 9.67. The lowest BCUT2D eigenvalue weighted by atomic mass is 10.2. The molecule has 0 fully saturated rings. The highest BCUT2D eigenvalue weighted by Gasteiger charge is 2.14. The van der Waals surface area contributed by atoms with E-state index in [0.717, 1.165) is 14.0 Å². The number of carbonyl (C=O) groups is 2. The van der Waals surface area contributed by atoms with E-state index < -0.39 is 0 Å². The minimum absolute atomic E-state index is 0.00984. The average molecular weight is 609 g/mol. The van der Waals surface area contributed by atoms with Gasteiger partial charge < -0.3 is 22.1 Å². The molecule has 0 saturated heterocycles. The van der Waals surface area contributed by atoms with Crippen molar-refractivity contribution in [3.63, 3.8) is 0 Å². The van der Waals surface area contributed by atoms with E-state index in [-0.39, 0.29) is 23.5 Å². The molecule has 0 aliphatic heterocycles. The van der Waals surface area contributed by atoms with E-state index in [2.05, 4.69) is 10.6 Å². The van der Waals surface area contributed by atoms with Crippen LogP contribution in [0.25, 0.3) is 6.08 Å². The highest BCUT2D eigenvalue weighted by atomic mass is 32.2. The Balaban J connectivity index is 0.000000222. The van der Waals surface area contributed by atoms with Crippen LogP contribution >= 0.6 is 46.2 Å².